The van der Waals surface area contributed by atoms with Gasteiger partial charge in [-0.3, -0.25) is 9.79 Å². The molecule has 0 amide bonds. The van der Waals surface area contributed by atoms with Gasteiger partial charge in [-0.15, -0.1) is 0 Å². The number of hydrogen-bond acceptors (Lipinski definition) is 2. The molecule has 2 nitrogen and oxygen atoms in total. The number of carbonyl (C=O) groups is 1. The number of allylic oxidation sites excluding steroid dienone is 5. The summed E-state index contributed by atoms with van der Waals surface area (Å²) in [6.45, 7) is 11.4. The molecule has 102 valence electrons. The minimum atomic E-state index is 0.674. The molecular formula is C18H19NO. The SMILES string of the molecule is C=C\N=C/C(=C/C=C(\C)c1cccc(C=O)c1)C(=C)C. The van der Waals surface area contributed by atoms with Crippen LogP contribution in [-0.4, -0.2) is 12.5 Å². The lowest BCUT2D eigenvalue weighted by Crippen LogP contribution is -1.86. The molecule has 0 aliphatic carbocycles. The lowest BCUT2D eigenvalue weighted by molar-refractivity contribution is 0.112. The van der Waals surface area contributed by atoms with Crippen LogP contribution in [0.5, 0.6) is 0 Å². The van der Waals surface area contributed by atoms with Gasteiger partial charge in [0.2, 0.25) is 0 Å². The summed E-state index contributed by atoms with van der Waals surface area (Å²) in [5.74, 6) is 0. The average molecular weight is 265 g/mol. The van der Waals surface area contributed by atoms with Crippen LogP contribution in [0, 0.1) is 0 Å². The molecule has 1 rings (SSSR count). The molecule has 0 aromatic heterocycles. The van der Waals surface area contributed by atoms with Gasteiger partial charge in [-0.2, -0.15) is 0 Å². The van der Waals surface area contributed by atoms with Gasteiger partial charge in [0, 0.05) is 18.0 Å². The zero-order valence-corrected chi connectivity index (χ0v) is 12.0. The fourth-order valence-electron chi connectivity index (χ4n) is 1.60. The summed E-state index contributed by atoms with van der Waals surface area (Å²) in [6.07, 6.45) is 8.01. The van der Waals surface area contributed by atoms with Crippen LogP contribution in [0.1, 0.15) is 29.8 Å². The summed E-state index contributed by atoms with van der Waals surface area (Å²) in [5, 5.41) is 0. The highest BCUT2D eigenvalue weighted by atomic mass is 16.1. The normalized spacial score (nSPS) is 12.5. The van der Waals surface area contributed by atoms with E-state index >= 15 is 0 Å². The van der Waals surface area contributed by atoms with Gasteiger partial charge in [0.05, 0.1) is 0 Å². The van der Waals surface area contributed by atoms with Crippen LogP contribution in [0.25, 0.3) is 5.57 Å². The number of aliphatic imine (C=N–C) groups is 1. The fourth-order valence-corrected chi connectivity index (χ4v) is 1.60. The minimum absolute atomic E-state index is 0.674. The first-order valence-corrected chi connectivity index (χ1v) is 6.32. The molecule has 0 saturated carbocycles. The number of aldehydes is 1. The van der Waals surface area contributed by atoms with E-state index in [1.807, 2.05) is 44.2 Å². The maximum absolute atomic E-state index is 10.8. The Bertz CT molecular complexity index is 604. The zero-order valence-electron chi connectivity index (χ0n) is 12.0. The Labute approximate surface area is 120 Å². The van der Waals surface area contributed by atoms with E-state index in [1.165, 1.54) is 6.20 Å². The van der Waals surface area contributed by atoms with Crippen molar-refractivity contribution in [1.29, 1.82) is 0 Å². The van der Waals surface area contributed by atoms with E-state index in [4.69, 9.17) is 0 Å². The van der Waals surface area contributed by atoms with Crippen LogP contribution in [0.3, 0.4) is 0 Å². The Morgan fingerprint density at radius 1 is 1.25 bits per heavy atom. The first-order chi connectivity index (χ1) is 9.58. The number of carbonyl (C=O) groups excluding carboxylic acids is 1. The molecule has 0 fully saturated rings. The molecule has 0 saturated heterocycles. The van der Waals surface area contributed by atoms with Gasteiger partial charge >= 0.3 is 0 Å². The second-order valence-electron chi connectivity index (χ2n) is 4.46. The number of rotatable bonds is 6. The molecule has 0 spiro atoms. The zero-order chi connectivity index (χ0) is 15.0. The molecule has 0 bridgehead atoms. The fraction of sp³-hybridized carbons (Fsp3) is 0.111. The molecule has 20 heavy (non-hydrogen) atoms. The Hall–Kier alpha value is -2.48. The quantitative estimate of drug-likeness (QED) is 0.419. The van der Waals surface area contributed by atoms with Gasteiger partial charge in [0.15, 0.2) is 0 Å². The molecule has 1 aromatic carbocycles. The van der Waals surface area contributed by atoms with Crippen molar-refractivity contribution in [3.8, 4) is 0 Å². The van der Waals surface area contributed by atoms with E-state index in [0.29, 0.717) is 5.56 Å². The number of nitrogens with zero attached hydrogens (tertiary/aromatic N) is 1. The van der Waals surface area contributed by atoms with Crippen molar-refractivity contribution < 1.29 is 4.79 Å². The molecule has 0 aliphatic rings. The van der Waals surface area contributed by atoms with Gasteiger partial charge in [-0.05, 0) is 42.2 Å². The number of hydrogen-bond donors (Lipinski definition) is 0. The molecule has 1 aromatic rings. The third-order valence-electron chi connectivity index (χ3n) is 2.80. The smallest absolute Gasteiger partial charge is 0.150 e. The van der Waals surface area contributed by atoms with Gasteiger partial charge in [0.1, 0.15) is 6.29 Å². The molecule has 0 aliphatic heterocycles. The highest BCUT2D eigenvalue weighted by molar-refractivity contribution is 5.85. The van der Waals surface area contributed by atoms with E-state index in [1.54, 1.807) is 12.3 Å². The molecule has 0 atom stereocenters. The third-order valence-corrected chi connectivity index (χ3v) is 2.80. The Morgan fingerprint density at radius 3 is 2.60 bits per heavy atom. The summed E-state index contributed by atoms with van der Waals surface area (Å²) < 4.78 is 0. The molecule has 2 heteroatoms. The van der Waals surface area contributed by atoms with Crippen molar-refractivity contribution in [3.05, 3.63) is 78.0 Å². The second kappa shape index (κ2) is 7.85. The average Bonchev–Trinajstić information content (AvgIpc) is 2.46. The van der Waals surface area contributed by atoms with E-state index < -0.39 is 0 Å². The molecule has 0 radical (unpaired) electrons. The van der Waals surface area contributed by atoms with Crippen molar-refractivity contribution in [2.75, 3.05) is 0 Å². The Kier molecular flexibility index (Phi) is 6.11. The van der Waals surface area contributed by atoms with E-state index in [2.05, 4.69) is 18.2 Å². The van der Waals surface area contributed by atoms with Crippen LogP contribution in [0.4, 0.5) is 0 Å². The van der Waals surface area contributed by atoms with Gasteiger partial charge < -0.3 is 0 Å². The Balaban J connectivity index is 3.07. The van der Waals surface area contributed by atoms with Gasteiger partial charge in [-0.25, -0.2) is 0 Å². The highest BCUT2D eigenvalue weighted by Gasteiger charge is 1.97. The van der Waals surface area contributed by atoms with Gasteiger partial charge in [0.25, 0.3) is 0 Å². The van der Waals surface area contributed by atoms with Crippen molar-refractivity contribution in [1.82, 2.24) is 0 Å². The predicted octanol–water partition coefficient (Wildman–Crippen LogP) is 4.62. The van der Waals surface area contributed by atoms with E-state index in [0.717, 1.165) is 28.6 Å². The first-order valence-electron chi connectivity index (χ1n) is 6.32. The molecule has 0 unspecified atom stereocenters. The lowest BCUT2D eigenvalue weighted by Gasteiger charge is -2.02. The maximum atomic E-state index is 10.8. The predicted molar refractivity (Wildman–Crippen MR) is 87.1 cm³/mol. The summed E-state index contributed by atoms with van der Waals surface area (Å²) >= 11 is 0. The topological polar surface area (TPSA) is 29.4 Å². The summed E-state index contributed by atoms with van der Waals surface area (Å²) in [6, 6.07) is 7.50. The summed E-state index contributed by atoms with van der Waals surface area (Å²) in [7, 11) is 0. The van der Waals surface area contributed by atoms with Crippen LogP contribution >= 0.6 is 0 Å². The third kappa shape index (κ3) is 4.65. The molecule has 0 heterocycles. The van der Waals surface area contributed by atoms with Gasteiger partial charge in [-0.1, -0.05) is 43.5 Å². The van der Waals surface area contributed by atoms with Crippen molar-refractivity contribution in [2.45, 2.75) is 13.8 Å². The van der Waals surface area contributed by atoms with Crippen LogP contribution in [-0.2, 0) is 0 Å². The van der Waals surface area contributed by atoms with Crippen molar-refractivity contribution in [3.63, 3.8) is 0 Å². The largest absolute Gasteiger partial charge is 0.298 e. The number of benzene rings is 1. The van der Waals surface area contributed by atoms with Crippen LogP contribution < -0.4 is 0 Å². The summed E-state index contributed by atoms with van der Waals surface area (Å²) in [5.41, 5.74) is 4.64. The maximum Gasteiger partial charge on any atom is 0.150 e. The lowest BCUT2D eigenvalue weighted by atomic mass is 10.0. The molecule has 0 N–H and O–H groups in total. The van der Waals surface area contributed by atoms with Crippen molar-refractivity contribution >= 4 is 18.1 Å². The van der Waals surface area contributed by atoms with Crippen molar-refractivity contribution in [2.24, 2.45) is 4.99 Å². The van der Waals surface area contributed by atoms with Crippen LogP contribution in [0.15, 0.2) is 71.9 Å². The standard InChI is InChI=1S/C18H19NO/c1-5-19-12-18(14(2)3)10-9-15(4)17-8-6-7-16(11-17)13-20/h5-13H,1-2H2,3-4H3/b15-9+,18-10-,19-12-. The van der Waals surface area contributed by atoms with Crippen LogP contribution in [0.2, 0.25) is 0 Å². The van der Waals surface area contributed by atoms with E-state index in [-0.39, 0.29) is 0 Å². The monoisotopic (exact) mass is 265 g/mol. The minimum Gasteiger partial charge on any atom is -0.298 e. The Morgan fingerprint density at radius 2 is 2.00 bits per heavy atom. The summed E-state index contributed by atoms with van der Waals surface area (Å²) in [4.78, 5) is 14.8. The molecular weight excluding hydrogens is 246 g/mol. The van der Waals surface area contributed by atoms with E-state index in [9.17, 15) is 4.79 Å². The first kappa shape index (κ1) is 15.6. The second-order valence-corrected chi connectivity index (χ2v) is 4.46. The highest BCUT2D eigenvalue weighted by Crippen LogP contribution is 2.16.